The van der Waals surface area contributed by atoms with Crippen molar-refractivity contribution in [3.05, 3.63) is 52.8 Å². The van der Waals surface area contributed by atoms with Crippen molar-refractivity contribution in [2.24, 2.45) is 0 Å². The summed E-state index contributed by atoms with van der Waals surface area (Å²) in [6, 6.07) is 10.7. The van der Waals surface area contributed by atoms with Gasteiger partial charge in [-0.3, -0.25) is 9.58 Å². The van der Waals surface area contributed by atoms with Gasteiger partial charge in [0, 0.05) is 44.0 Å². The minimum absolute atomic E-state index is 0.371. The van der Waals surface area contributed by atoms with Crippen LogP contribution >= 0.6 is 0 Å². The van der Waals surface area contributed by atoms with Crippen LogP contribution in [0.1, 0.15) is 42.3 Å². The number of hydrogen-bond donors (Lipinski definition) is 0. The SMILES string of the molecule is CCn1nc(C)c(CN(Cc2ccccc2)CC2CCCO2)c1C. The number of nitrogens with zero attached hydrogens (tertiary/aromatic N) is 3. The van der Waals surface area contributed by atoms with Crippen molar-refractivity contribution < 1.29 is 4.74 Å². The lowest BCUT2D eigenvalue weighted by Crippen LogP contribution is -2.31. The Hall–Kier alpha value is -1.65. The van der Waals surface area contributed by atoms with Crippen LogP contribution in [0.25, 0.3) is 0 Å². The first-order chi connectivity index (χ1) is 11.7. The van der Waals surface area contributed by atoms with Crippen molar-refractivity contribution in [2.75, 3.05) is 13.2 Å². The maximum Gasteiger partial charge on any atom is 0.0703 e. The van der Waals surface area contributed by atoms with Gasteiger partial charge in [-0.25, -0.2) is 0 Å². The molecule has 0 saturated carbocycles. The molecular weight excluding hydrogens is 298 g/mol. The molecule has 2 heterocycles. The number of hydrogen-bond acceptors (Lipinski definition) is 3. The number of aryl methyl sites for hydroxylation is 2. The molecule has 1 fully saturated rings. The van der Waals surface area contributed by atoms with E-state index in [1.807, 2.05) is 0 Å². The molecular formula is C20H29N3O. The molecule has 2 aromatic rings. The Kier molecular flexibility index (Phi) is 5.69. The van der Waals surface area contributed by atoms with Gasteiger partial charge < -0.3 is 4.74 Å². The molecule has 0 N–H and O–H groups in total. The number of ether oxygens (including phenoxy) is 1. The Morgan fingerprint density at radius 2 is 2.00 bits per heavy atom. The maximum absolute atomic E-state index is 5.88. The largest absolute Gasteiger partial charge is 0.377 e. The maximum atomic E-state index is 5.88. The lowest BCUT2D eigenvalue weighted by Gasteiger charge is -2.25. The molecule has 0 spiro atoms. The minimum atomic E-state index is 0.371. The van der Waals surface area contributed by atoms with Gasteiger partial charge in [-0.2, -0.15) is 5.10 Å². The van der Waals surface area contributed by atoms with Crippen molar-refractivity contribution in [1.29, 1.82) is 0 Å². The Labute approximate surface area is 145 Å². The predicted molar refractivity (Wildman–Crippen MR) is 96.9 cm³/mol. The fourth-order valence-electron chi connectivity index (χ4n) is 3.60. The second kappa shape index (κ2) is 7.95. The van der Waals surface area contributed by atoms with Gasteiger partial charge in [0.1, 0.15) is 0 Å². The molecule has 0 bridgehead atoms. The van der Waals surface area contributed by atoms with Gasteiger partial charge in [0.15, 0.2) is 0 Å². The van der Waals surface area contributed by atoms with Gasteiger partial charge in [0.05, 0.1) is 11.8 Å². The minimum Gasteiger partial charge on any atom is -0.377 e. The van der Waals surface area contributed by atoms with Gasteiger partial charge in [0.25, 0.3) is 0 Å². The Morgan fingerprint density at radius 1 is 1.21 bits per heavy atom. The summed E-state index contributed by atoms with van der Waals surface area (Å²) in [5.74, 6) is 0. The van der Waals surface area contributed by atoms with Crippen LogP contribution in [0.5, 0.6) is 0 Å². The molecule has 0 radical (unpaired) electrons. The molecule has 3 rings (SSSR count). The molecule has 1 aromatic heterocycles. The summed E-state index contributed by atoms with van der Waals surface area (Å²) in [7, 11) is 0. The zero-order valence-electron chi connectivity index (χ0n) is 15.2. The summed E-state index contributed by atoms with van der Waals surface area (Å²) in [5, 5.41) is 4.68. The van der Waals surface area contributed by atoms with Crippen LogP contribution in [0.15, 0.2) is 30.3 Å². The highest BCUT2D eigenvalue weighted by atomic mass is 16.5. The molecule has 24 heavy (non-hydrogen) atoms. The summed E-state index contributed by atoms with van der Waals surface area (Å²) in [5.41, 5.74) is 5.17. The second-order valence-corrected chi connectivity index (χ2v) is 6.76. The van der Waals surface area contributed by atoms with E-state index >= 15 is 0 Å². The summed E-state index contributed by atoms with van der Waals surface area (Å²) in [6.07, 6.45) is 2.74. The molecule has 0 aliphatic carbocycles. The van der Waals surface area contributed by atoms with E-state index in [0.29, 0.717) is 6.10 Å². The highest BCUT2D eigenvalue weighted by molar-refractivity contribution is 5.25. The van der Waals surface area contributed by atoms with E-state index in [1.54, 1.807) is 0 Å². The smallest absolute Gasteiger partial charge is 0.0703 e. The van der Waals surface area contributed by atoms with Gasteiger partial charge in [-0.1, -0.05) is 30.3 Å². The standard InChI is InChI=1S/C20H29N3O/c1-4-23-17(3)20(16(2)21-23)15-22(14-19-11-8-12-24-19)13-18-9-6-5-7-10-18/h5-7,9-10,19H,4,8,11-15H2,1-3H3. The highest BCUT2D eigenvalue weighted by Crippen LogP contribution is 2.20. The zero-order chi connectivity index (χ0) is 16.9. The van der Waals surface area contributed by atoms with E-state index in [2.05, 4.69) is 65.8 Å². The lowest BCUT2D eigenvalue weighted by atomic mass is 10.1. The zero-order valence-corrected chi connectivity index (χ0v) is 15.2. The van der Waals surface area contributed by atoms with Gasteiger partial charge in [0.2, 0.25) is 0 Å². The summed E-state index contributed by atoms with van der Waals surface area (Å²) < 4.78 is 7.99. The third-order valence-corrected chi connectivity index (χ3v) is 4.95. The number of rotatable bonds is 7. The molecule has 130 valence electrons. The van der Waals surface area contributed by atoms with E-state index < -0.39 is 0 Å². The molecule has 1 aliphatic heterocycles. The van der Waals surface area contributed by atoms with Crippen LogP contribution in [-0.2, 0) is 24.4 Å². The normalized spacial score (nSPS) is 17.8. The van der Waals surface area contributed by atoms with E-state index in [4.69, 9.17) is 4.74 Å². The number of benzene rings is 1. The van der Waals surface area contributed by atoms with Crippen molar-refractivity contribution >= 4 is 0 Å². The van der Waals surface area contributed by atoms with Crippen LogP contribution in [0.3, 0.4) is 0 Å². The van der Waals surface area contributed by atoms with E-state index in [9.17, 15) is 0 Å². The quantitative estimate of drug-likeness (QED) is 0.777. The van der Waals surface area contributed by atoms with Crippen LogP contribution in [0, 0.1) is 13.8 Å². The lowest BCUT2D eigenvalue weighted by molar-refractivity contribution is 0.0677. The third kappa shape index (κ3) is 4.05. The Morgan fingerprint density at radius 3 is 2.62 bits per heavy atom. The predicted octanol–water partition coefficient (Wildman–Crippen LogP) is 3.70. The van der Waals surface area contributed by atoms with Crippen LogP contribution in [0.4, 0.5) is 0 Å². The number of aromatic nitrogens is 2. The van der Waals surface area contributed by atoms with Crippen LogP contribution in [-0.4, -0.2) is 33.9 Å². The Bertz CT molecular complexity index is 644. The van der Waals surface area contributed by atoms with E-state index in [1.165, 1.54) is 29.7 Å². The first-order valence-corrected chi connectivity index (χ1v) is 9.08. The molecule has 1 aliphatic rings. The topological polar surface area (TPSA) is 30.3 Å². The molecule has 1 unspecified atom stereocenters. The molecule has 1 saturated heterocycles. The monoisotopic (exact) mass is 327 g/mol. The van der Waals surface area contributed by atoms with Gasteiger partial charge in [-0.05, 0) is 39.2 Å². The van der Waals surface area contributed by atoms with Crippen molar-refractivity contribution in [1.82, 2.24) is 14.7 Å². The molecule has 1 aromatic carbocycles. The third-order valence-electron chi connectivity index (χ3n) is 4.95. The van der Waals surface area contributed by atoms with E-state index in [-0.39, 0.29) is 0 Å². The van der Waals surface area contributed by atoms with Crippen LogP contribution in [0.2, 0.25) is 0 Å². The fourth-order valence-corrected chi connectivity index (χ4v) is 3.60. The summed E-state index contributed by atoms with van der Waals surface area (Å²) >= 11 is 0. The van der Waals surface area contributed by atoms with Crippen molar-refractivity contribution in [2.45, 2.75) is 59.4 Å². The average Bonchev–Trinajstić information content (AvgIpc) is 3.19. The van der Waals surface area contributed by atoms with Crippen LogP contribution < -0.4 is 0 Å². The molecule has 0 amide bonds. The Balaban J connectivity index is 1.77. The fraction of sp³-hybridized carbons (Fsp3) is 0.550. The van der Waals surface area contributed by atoms with Gasteiger partial charge >= 0.3 is 0 Å². The van der Waals surface area contributed by atoms with Gasteiger partial charge in [-0.15, -0.1) is 0 Å². The van der Waals surface area contributed by atoms with Crippen molar-refractivity contribution in [3.8, 4) is 0 Å². The first-order valence-electron chi connectivity index (χ1n) is 9.08. The van der Waals surface area contributed by atoms with Crippen molar-refractivity contribution in [3.63, 3.8) is 0 Å². The molecule has 1 atom stereocenters. The second-order valence-electron chi connectivity index (χ2n) is 6.76. The summed E-state index contributed by atoms with van der Waals surface area (Å²) in [4.78, 5) is 2.52. The summed E-state index contributed by atoms with van der Waals surface area (Å²) in [6.45, 7) is 11.2. The first kappa shape index (κ1) is 17.2. The highest BCUT2D eigenvalue weighted by Gasteiger charge is 2.21. The van der Waals surface area contributed by atoms with E-state index in [0.717, 1.165) is 38.5 Å². The molecule has 4 heteroatoms. The average molecular weight is 327 g/mol. The molecule has 4 nitrogen and oxygen atoms in total.